The van der Waals surface area contributed by atoms with Crippen LogP contribution in [0.4, 0.5) is 0 Å². The third-order valence-corrected chi connectivity index (χ3v) is 8.53. The summed E-state index contributed by atoms with van der Waals surface area (Å²) in [7, 11) is 0. The SMILES string of the molecule is CC1C=CC2=C(C1)C1CCC3NC4C=CC=CC4C3C1(C)C2(C)C. The van der Waals surface area contributed by atoms with E-state index in [0.29, 0.717) is 29.3 Å². The lowest BCUT2D eigenvalue weighted by Gasteiger charge is -2.55. The first kappa shape index (κ1) is 15.2. The highest BCUT2D eigenvalue weighted by atomic mass is 15.0. The molecule has 1 saturated carbocycles. The van der Waals surface area contributed by atoms with Gasteiger partial charge in [-0.05, 0) is 53.4 Å². The second-order valence-corrected chi connectivity index (χ2v) is 9.69. The molecule has 1 heteroatoms. The molecule has 128 valence electrons. The van der Waals surface area contributed by atoms with Crippen LogP contribution in [0.1, 0.15) is 47.0 Å². The molecule has 7 atom stereocenters. The third kappa shape index (κ3) is 1.65. The number of nitrogens with one attached hydrogen (secondary N) is 1. The van der Waals surface area contributed by atoms with Crippen LogP contribution in [0.2, 0.25) is 0 Å². The fourth-order valence-electron chi connectivity index (χ4n) is 7.22. The van der Waals surface area contributed by atoms with E-state index in [-0.39, 0.29) is 5.41 Å². The summed E-state index contributed by atoms with van der Waals surface area (Å²) in [4.78, 5) is 0. The Morgan fingerprint density at radius 1 is 1.04 bits per heavy atom. The molecule has 0 aromatic carbocycles. The summed E-state index contributed by atoms with van der Waals surface area (Å²) in [6.07, 6.45) is 18.4. The largest absolute Gasteiger partial charge is 0.307 e. The molecule has 7 unspecified atom stereocenters. The van der Waals surface area contributed by atoms with Gasteiger partial charge in [0.15, 0.2) is 0 Å². The van der Waals surface area contributed by atoms with Gasteiger partial charge in [-0.3, -0.25) is 0 Å². The number of hydrogen-bond donors (Lipinski definition) is 1. The number of hydrogen-bond acceptors (Lipinski definition) is 1. The molecule has 5 rings (SSSR count). The van der Waals surface area contributed by atoms with Gasteiger partial charge in [-0.15, -0.1) is 0 Å². The van der Waals surface area contributed by atoms with E-state index in [0.717, 1.165) is 11.8 Å². The summed E-state index contributed by atoms with van der Waals surface area (Å²) in [6.45, 7) is 10.1. The van der Waals surface area contributed by atoms with Crippen LogP contribution in [0.25, 0.3) is 0 Å². The van der Waals surface area contributed by atoms with E-state index >= 15 is 0 Å². The van der Waals surface area contributed by atoms with E-state index in [9.17, 15) is 0 Å². The average Bonchev–Trinajstić information content (AvgIpc) is 3.00. The Labute approximate surface area is 147 Å². The Morgan fingerprint density at radius 3 is 2.67 bits per heavy atom. The second kappa shape index (κ2) is 4.75. The molecule has 0 amide bonds. The minimum atomic E-state index is 0.276. The first-order valence-electron chi connectivity index (χ1n) is 9.97. The molecule has 0 aromatic heterocycles. The molecule has 1 aliphatic heterocycles. The van der Waals surface area contributed by atoms with Crippen molar-refractivity contribution in [3.8, 4) is 0 Å². The summed E-state index contributed by atoms with van der Waals surface area (Å²) in [6, 6.07) is 1.25. The van der Waals surface area contributed by atoms with E-state index in [1.165, 1.54) is 19.3 Å². The van der Waals surface area contributed by atoms with Gasteiger partial charge < -0.3 is 5.32 Å². The predicted molar refractivity (Wildman–Crippen MR) is 101 cm³/mol. The summed E-state index contributed by atoms with van der Waals surface area (Å²) in [5, 5.41) is 3.99. The Kier molecular flexibility index (Phi) is 3.01. The number of rotatable bonds is 0. The van der Waals surface area contributed by atoms with Gasteiger partial charge in [0.05, 0.1) is 0 Å². The molecule has 0 radical (unpaired) electrons. The number of allylic oxidation sites excluding steroid dienone is 6. The van der Waals surface area contributed by atoms with Crippen LogP contribution >= 0.6 is 0 Å². The molecule has 1 N–H and O–H groups in total. The maximum absolute atomic E-state index is 3.99. The lowest BCUT2D eigenvalue weighted by atomic mass is 9.49. The smallest absolute Gasteiger partial charge is 0.0322 e. The fraction of sp³-hybridized carbons (Fsp3) is 0.652. The van der Waals surface area contributed by atoms with Gasteiger partial charge in [0.1, 0.15) is 0 Å². The quantitative estimate of drug-likeness (QED) is 0.659. The third-order valence-electron chi connectivity index (χ3n) is 8.53. The Morgan fingerprint density at radius 2 is 1.83 bits per heavy atom. The van der Waals surface area contributed by atoms with Gasteiger partial charge in [0.25, 0.3) is 0 Å². The minimum Gasteiger partial charge on any atom is -0.307 e. The molecule has 2 fully saturated rings. The van der Waals surface area contributed by atoms with Crippen molar-refractivity contribution < 1.29 is 0 Å². The van der Waals surface area contributed by atoms with Gasteiger partial charge in [0, 0.05) is 18.0 Å². The fourth-order valence-corrected chi connectivity index (χ4v) is 7.22. The Balaban J connectivity index is 1.63. The van der Waals surface area contributed by atoms with Crippen molar-refractivity contribution in [2.24, 2.45) is 34.5 Å². The van der Waals surface area contributed by atoms with Gasteiger partial charge in [-0.2, -0.15) is 0 Å². The lowest BCUT2D eigenvalue weighted by Crippen LogP contribution is -2.53. The van der Waals surface area contributed by atoms with E-state index in [2.05, 4.69) is 69.5 Å². The van der Waals surface area contributed by atoms with Gasteiger partial charge in [-0.1, -0.05) is 69.7 Å². The zero-order valence-corrected chi connectivity index (χ0v) is 15.5. The van der Waals surface area contributed by atoms with Crippen molar-refractivity contribution in [1.82, 2.24) is 5.32 Å². The molecule has 24 heavy (non-hydrogen) atoms. The van der Waals surface area contributed by atoms with Crippen LogP contribution in [-0.4, -0.2) is 12.1 Å². The molecule has 5 aliphatic rings. The monoisotopic (exact) mass is 321 g/mol. The van der Waals surface area contributed by atoms with Gasteiger partial charge >= 0.3 is 0 Å². The highest BCUT2D eigenvalue weighted by molar-refractivity contribution is 5.47. The maximum atomic E-state index is 3.99. The van der Waals surface area contributed by atoms with Crippen molar-refractivity contribution in [1.29, 1.82) is 0 Å². The predicted octanol–water partition coefficient (Wildman–Crippen LogP) is 5.03. The van der Waals surface area contributed by atoms with Crippen LogP contribution in [0.5, 0.6) is 0 Å². The normalized spacial score (nSPS) is 50.5. The minimum absolute atomic E-state index is 0.276. The molecular weight excluding hydrogens is 290 g/mol. The molecule has 1 nitrogen and oxygen atoms in total. The standard InChI is InChI=1S/C23H31N/c1-14-9-10-17-16(13-14)18-11-12-20-21(23(18,4)22(17,2)3)15-7-5-6-8-19(15)24-20/h5-10,14-15,18-21,24H,11-13H2,1-4H3. The molecule has 0 bridgehead atoms. The van der Waals surface area contributed by atoms with Crippen molar-refractivity contribution in [3.05, 3.63) is 47.6 Å². The van der Waals surface area contributed by atoms with Crippen LogP contribution in [-0.2, 0) is 0 Å². The van der Waals surface area contributed by atoms with Gasteiger partial charge in [0.2, 0.25) is 0 Å². The topological polar surface area (TPSA) is 12.0 Å². The zero-order chi connectivity index (χ0) is 16.7. The van der Waals surface area contributed by atoms with Crippen LogP contribution < -0.4 is 5.32 Å². The van der Waals surface area contributed by atoms with E-state index in [1.807, 2.05) is 5.57 Å². The molecule has 0 spiro atoms. The maximum Gasteiger partial charge on any atom is 0.0322 e. The van der Waals surface area contributed by atoms with Crippen molar-refractivity contribution in [3.63, 3.8) is 0 Å². The van der Waals surface area contributed by atoms with Crippen molar-refractivity contribution in [2.75, 3.05) is 0 Å². The summed E-state index contributed by atoms with van der Waals surface area (Å²) in [5.41, 5.74) is 4.15. The van der Waals surface area contributed by atoms with E-state index in [4.69, 9.17) is 0 Å². The first-order chi connectivity index (χ1) is 11.4. The summed E-state index contributed by atoms with van der Waals surface area (Å²) < 4.78 is 0. The van der Waals surface area contributed by atoms with Crippen molar-refractivity contribution in [2.45, 2.75) is 59.0 Å². The molecular formula is C23H31N. The first-order valence-corrected chi connectivity index (χ1v) is 9.97. The zero-order valence-electron chi connectivity index (χ0n) is 15.5. The van der Waals surface area contributed by atoms with Gasteiger partial charge in [-0.25, -0.2) is 0 Å². The second-order valence-electron chi connectivity index (χ2n) is 9.69. The molecule has 1 saturated heterocycles. The van der Waals surface area contributed by atoms with Crippen molar-refractivity contribution >= 4 is 0 Å². The highest BCUT2D eigenvalue weighted by Crippen LogP contribution is 2.70. The molecule has 0 aromatic rings. The number of fused-ring (bicyclic) bond motifs is 6. The van der Waals surface area contributed by atoms with E-state index in [1.54, 1.807) is 5.57 Å². The summed E-state index contributed by atoms with van der Waals surface area (Å²) >= 11 is 0. The lowest BCUT2D eigenvalue weighted by molar-refractivity contribution is -0.0295. The van der Waals surface area contributed by atoms with Crippen LogP contribution in [0.3, 0.4) is 0 Å². The molecule has 4 aliphatic carbocycles. The highest BCUT2D eigenvalue weighted by Gasteiger charge is 2.65. The summed E-state index contributed by atoms with van der Waals surface area (Å²) in [5.74, 6) is 2.93. The van der Waals surface area contributed by atoms with E-state index < -0.39 is 0 Å². The van der Waals surface area contributed by atoms with Crippen LogP contribution in [0, 0.1) is 34.5 Å². The Hall–Kier alpha value is -1.08. The molecule has 1 heterocycles. The average molecular weight is 322 g/mol. The van der Waals surface area contributed by atoms with Crippen LogP contribution in [0.15, 0.2) is 47.6 Å². The Bertz CT molecular complexity index is 691.